The Balaban J connectivity index is 2.47. The molecule has 0 saturated carbocycles. The summed E-state index contributed by atoms with van der Waals surface area (Å²) in [5.74, 6) is 0.0302. The molecule has 0 spiro atoms. The zero-order valence-electron chi connectivity index (χ0n) is 9.53. The number of hydrogen-bond acceptors (Lipinski definition) is 1. The van der Waals surface area contributed by atoms with Crippen LogP contribution in [0.5, 0.6) is 0 Å². The summed E-state index contributed by atoms with van der Waals surface area (Å²) in [4.78, 5) is 11.3. The first-order valence-corrected chi connectivity index (χ1v) is 5.29. The van der Waals surface area contributed by atoms with Crippen molar-refractivity contribution in [2.24, 2.45) is 5.92 Å². The van der Waals surface area contributed by atoms with Gasteiger partial charge in [0, 0.05) is 12.6 Å². The van der Waals surface area contributed by atoms with Crippen molar-refractivity contribution in [2.45, 2.75) is 13.8 Å². The molecule has 1 N–H and O–H groups in total. The van der Waals surface area contributed by atoms with E-state index in [1.165, 1.54) is 18.2 Å². The van der Waals surface area contributed by atoms with E-state index in [0.29, 0.717) is 12.5 Å². The van der Waals surface area contributed by atoms with Gasteiger partial charge in [0.2, 0.25) is 5.91 Å². The molecule has 0 heterocycles. The minimum Gasteiger partial charge on any atom is -0.352 e. The minimum atomic E-state index is -0.276. The zero-order chi connectivity index (χ0) is 12.0. The predicted molar refractivity (Wildman–Crippen MR) is 63.3 cm³/mol. The topological polar surface area (TPSA) is 29.1 Å². The maximum atomic E-state index is 12.6. The summed E-state index contributed by atoms with van der Waals surface area (Å²) < 4.78 is 12.6. The van der Waals surface area contributed by atoms with Crippen molar-refractivity contribution >= 4 is 12.0 Å². The highest BCUT2D eigenvalue weighted by Gasteiger charge is 1.97. The summed E-state index contributed by atoms with van der Waals surface area (Å²) in [5, 5.41) is 2.76. The van der Waals surface area contributed by atoms with Crippen LogP contribution in [0.25, 0.3) is 6.08 Å². The predicted octanol–water partition coefficient (Wildman–Crippen LogP) is 2.61. The SMILES string of the molecule is CC(C)CNC(=O)C=Cc1ccc(F)cc1. The minimum absolute atomic E-state index is 0.127. The molecule has 16 heavy (non-hydrogen) atoms. The molecule has 0 atom stereocenters. The molecule has 1 amide bonds. The Morgan fingerprint density at radius 1 is 1.38 bits per heavy atom. The van der Waals surface area contributed by atoms with Gasteiger partial charge in [0.25, 0.3) is 0 Å². The number of carbonyl (C=O) groups excluding carboxylic acids is 1. The van der Waals surface area contributed by atoms with Gasteiger partial charge in [-0.1, -0.05) is 26.0 Å². The zero-order valence-corrected chi connectivity index (χ0v) is 9.53. The third kappa shape index (κ3) is 4.73. The molecule has 0 radical (unpaired) electrons. The molecule has 1 aromatic carbocycles. The fraction of sp³-hybridized carbons (Fsp3) is 0.308. The monoisotopic (exact) mass is 221 g/mol. The molecule has 0 aliphatic rings. The van der Waals surface area contributed by atoms with E-state index in [2.05, 4.69) is 5.32 Å². The Kier molecular flexibility index (Phi) is 4.70. The number of hydrogen-bond donors (Lipinski definition) is 1. The Morgan fingerprint density at radius 3 is 2.56 bits per heavy atom. The van der Waals surface area contributed by atoms with Crippen LogP contribution in [0.2, 0.25) is 0 Å². The summed E-state index contributed by atoms with van der Waals surface area (Å²) >= 11 is 0. The van der Waals surface area contributed by atoms with Gasteiger partial charge in [0.15, 0.2) is 0 Å². The molecule has 2 nitrogen and oxygen atoms in total. The number of benzene rings is 1. The van der Waals surface area contributed by atoms with Gasteiger partial charge in [-0.05, 0) is 29.7 Å². The Bertz CT molecular complexity index is 368. The number of halogens is 1. The molecule has 1 rings (SSSR count). The van der Waals surface area contributed by atoms with Gasteiger partial charge in [0.1, 0.15) is 5.82 Å². The lowest BCUT2D eigenvalue weighted by atomic mass is 10.2. The molecule has 0 aromatic heterocycles. The second-order valence-corrected chi connectivity index (χ2v) is 4.02. The number of carbonyl (C=O) groups is 1. The van der Waals surface area contributed by atoms with Crippen LogP contribution in [0.4, 0.5) is 4.39 Å². The maximum absolute atomic E-state index is 12.6. The maximum Gasteiger partial charge on any atom is 0.244 e. The highest BCUT2D eigenvalue weighted by molar-refractivity contribution is 5.91. The van der Waals surface area contributed by atoms with Gasteiger partial charge in [-0.15, -0.1) is 0 Å². The van der Waals surface area contributed by atoms with E-state index < -0.39 is 0 Å². The van der Waals surface area contributed by atoms with Crippen LogP contribution in [0.1, 0.15) is 19.4 Å². The Hall–Kier alpha value is -1.64. The third-order valence-electron chi connectivity index (χ3n) is 1.98. The number of amides is 1. The van der Waals surface area contributed by atoms with E-state index in [1.807, 2.05) is 13.8 Å². The van der Waals surface area contributed by atoms with Crippen LogP contribution in [-0.4, -0.2) is 12.5 Å². The first kappa shape index (κ1) is 12.4. The summed E-state index contributed by atoms with van der Waals surface area (Å²) in [6, 6.07) is 5.99. The van der Waals surface area contributed by atoms with E-state index in [1.54, 1.807) is 18.2 Å². The molecule has 0 aliphatic heterocycles. The van der Waals surface area contributed by atoms with Crippen molar-refractivity contribution in [3.8, 4) is 0 Å². The number of nitrogens with one attached hydrogen (secondary N) is 1. The fourth-order valence-corrected chi connectivity index (χ4v) is 1.11. The summed E-state index contributed by atoms with van der Waals surface area (Å²) in [7, 11) is 0. The molecule has 0 fully saturated rings. The lowest BCUT2D eigenvalue weighted by Crippen LogP contribution is -2.25. The average molecular weight is 221 g/mol. The van der Waals surface area contributed by atoms with Crippen LogP contribution in [0.3, 0.4) is 0 Å². The third-order valence-corrected chi connectivity index (χ3v) is 1.98. The molecule has 86 valence electrons. The lowest BCUT2D eigenvalue weighted by Gasteiger charge is -2.04. The molecule has 0 saturated heterocycles. The van der Waals surface area contributed by atoms with E-state index in [4.69, 9.17) is 0 Å². The highest BCUT2D eigenvalue weighted by atomic mass is 19.1. The Morgan fingerprint density at radius 2 is 2.00 bits per heavy atom. The van der Waals surface area contributed by atoms with E-state index in [-0.39, 0.29) is 11.7 Å². The van der Waals surface area contributed by atoms with Crippen LogP contribution in [-0.2, 0) is 4.79 Å². The van der Waals surface area contributed by atoms with Crippen molar-refractivity contribution in [3.05, 3.63) is 41.7 Å². The number of rotatable bonds is 4. The van der Waals surface area contributed by atoms with E-state index >= 15 is 0 Å². The van der Waals surface area contributed by atoms with Gasteiger partial charge < -0.3 is 5.32 Å². The molecule has 3 heteroatoms. The van der Waals surface area contributed by atoms with Crippen molar-refractivity contribution in [1.29, 1.82) is 0 Å². The molecule has 0 aliphatic carbocycles. The van der Waals surface area contributed by atoms with Crippen LogP contribution in [0.15, 0.2) is 30.3 Å². The van der Waals surface area contributed by atoms with Crippen molar-refractivity contribution < 1.29 is 9.18 Å². The first-order chi connectivity index (χ1) is 7.58. The van der Waals surface area contributed by atoms with Crippen LogP contribution in [0, 0.1) is 11.7 Å². The molecule has 0 unspecified atom stereocenters. The van der Waals surface area contributed by atoms with Crippen molar-refractivity contribution in [3.63, 3.8) is 0 Å². The highest BCUT2D eigenvalue weighted by Crippen LogP contribution is 2.04. The smallest absolute Gasteiger partial charge is 0.244 e. The lowest BCUT2D eigenvalue weighted by molar-refractivity contribution is -0.116. The first-order valence-electron chi connectivity index (χ1n) is 5.29. The second-order valence-electron chi connectivity index (χ2n) is 4.02. The van der Waals surface area contributed by atoms with E-state index in [9.17, 15) is 9.18 Å². The van der Waals surface area contributed by atoms with Gasteiger partial charge in [0.05, 0.1) is 0 Å². The molecule has 1 aromatic rings. The van der Waals surface area contributed by atoms with Crippen LogP contribution < -0.4 is 5.32 Å². The molecular weight excluding hydrogens is 205 g/mol. The van der Waals surface area contributed by atoms with Gasteiger partial charge in [-0.3, -0.25) is 4.79 Å². The van der Waals surface area contributed by atoms with Crippen LogP contribution >= 0.6 is 0 Å². The average Bonchev–Trinajstić information content (AvgIpc) is 2.25. The van der Waals surface area contributed by atoms with Gasteiger partial charge >= 0.3 is 0 Å². The molecule has 0 bridgehead atoms. The van der Waals surface area contributed by atoms with Gasteiger partial charge in [-0.25, -0.2) is 4.39 Å². The second kappa shape index (κ2) is 6.05. The standard InChI is InChI=1S/C13H16FNO/c1-10(2)9-15-13(16)8-5-11-3-6-12(14)7-4-11/h3-8,10H,9H2,1-2H3,(H,15,16). The largest absolute Gasteiger partial charge is 0.352 e. The fourth-order valence-electron chi connectivity index (χ4n) is 1.11. The quantitative estimate of drug-likeness (QED) is 0.778. The van der Waals surface area contributed by atoms with Gasteiger partial charge in [-0.2, -0.15) is 0 Å². The summed E-state index contributed by atoms with van der Waals surface area (Å²) in [5.41, 5.74) is 0.807. The molecular formula is C13H16FNO. The summed E-state index contributed by atoms with van der Waals surface area (Å²) in [6.07, 6.45) is 3.12. The Labute approximate surface area is 95.2 Å². The normalized spacial score (nSPS) is 11.0. The van der Waals surface area contributed by atoms with Crippen molar-refractivity contribution in [2.75, 3.05) is 6.54 Å². The summed E-state index contributed by atoms with van der Waals surface area (Å²) in [6.45, 7) is 4.72. The van der Waals surface area contributed by atoms with E-state index in [0.717, 1.165) is 5.56 Å². The van der Waals surface area contributed by atoms with Crippen molar-refractivity contribution in [1.82, 2.24) is 5.32 Å².